The van der Waals surface area contributed by atoms with E-state index in [0.29, 0.717) is 10.8 Å². The zero-order valence-electron chi connectivity index (χ0n) is 10.6. The molecule has 0 saturated heterocycles. The SMILES string of the molecule is CC[C@@H](NS(=O)(=O)c1ccccc1F)c1ccc(Cl)s1. The molecule has 20 heavy (non-hydrogen) atoms. The van der Waals surface area contributed by atoms with Gasteiger partial charge in [0.1, 0.15) is 10.7 Å². The van der Waals surface area contributed by atoms with E-state index in [1.165, 1.54) is 29.5 Å². The Hall–Kier alpha value is -0.950. The van der Waals surface area contributed by atoms with Gasteiger partial charge in [0.15, 0.2) is 0 Å². The highest BCUT2D eigenvalue weighted by atomic mass is 35.5. The van der Waals surface area contributed by atoms with Crippen molar-refractivity contribution in [2.45, 2.75) is 24.3 Å². The molecular formula is C13H13ClFNO2S2. The summed E-state index contributed by atoms with van der Waals surface area (Å²) in [5.74, 6) is -0.765. The van der Waals surface area contributed by atoms with Crippen molar-refractivity contribution in [1.29, 1.82) is 0 Å². The number of thiophene rings is 1. The summed E-state index contributed by atoms with van der Waals surface area (Å²) in [5.41, 5.74) is 0. The van der Waals surface area contributed by atoms with Crippen molar-refractivity contribution in [2.24, 2.45) is 0 Å². The molecular weight excluding hydrogens is 321 g/mol. The van der Waals surface area contributed by atoms with Gasteiger partial charge in [0.25, 0.3) is 0 Å². The van der Waals surface area contributed by atoms with Gasteiger partial charge in [-0.05, 0) is 30.7 Å². The molecule has 3 nitrogen and oxygen atoms in total. The van der Waals surface area contributed by atoms with Crippen LogP contribution in [0.4, 0.5) is 4.39 Å². The fourth-order valence-corrected chi connectivity index (χ4v) is 4.42. The van der Waals surface area contributed by atoms with Crippen molar-refractivity contribution < 1.29 is 12.8 Å². The molecule has 2 rings (SSSR count). The maximum Gasteiger partial charge on any atom is 0.244 e. The average Bonchev–Trinajstić information content (AvgIpc) is 2.83. The van der Waals surface area contributed by atoms with Crippen LogP contribution in [0.3, 0.4) is 0 Å². The second-order valence-electron chi connectivity index (χ2n) is 4.15. The predicted octanol–water partition coefficient (Wildman–Crippen LogP) is 3.97. The van der Waals surface area contributed by atoms with Crippen LogP contribution in [0.1, 0.15) is 24.3 Å². The minimum atomic E-state index is -3.90. The van der Waals surface area contributed by atoms with Gasteiger partial charge in [-0.25, -0.2) is 17.5 Å². The minimum absolute atomic E-state index is 0.346. The highest BCUT2D eigenvalue weighted by molar-refractivity contribution is 7.89. The van der Waals surface area contributed by atoms with Crippen molar-refractivity contribution in [3.05, 3.63) is 51.4 Å². The molecule has 0 aliphatic carbocycles. The maximum atomic E-state index is 13.6. The highest BCUT2D eigenvalue weighted by Crippen LogP contribution is 2.30. The van der Waals surface area contributed by atoms with E-state index in [1.807, 2.05) is 6.92 Å². The molecule has 1 aromatic heterocycles. The topological polar surface area (TPSA) is 46.2 Å². The molecule has 1 aromatic carbocycles. The molecule has 1 heterocycles. The molecule has 2 aromatic rings. The van der Waals surface area contributed by atoms with Crippen LogP contribution in [-0.2, 0) is 10.0 Å². The molecule has 0 saturated carbocycles. The van der Waals surface area contributed by atoms with Crippen molar-refractivity contribution in [3.8, 4) is 0 Å². The first-order chi connectivity index (χ1) is 9.44. The Labute approximate surface area is 126 Å². The fraction of sp³-hybridized carbons (Fsp3) is 0.231. The normalized spacial score (nSPS) is 13.3. The lowest BCUT2D eigenvalue weighted by molar-refractivity contribution is 0.537. The second-order valence-corrected chi connectivity index (χ2v) is 7.58. The number of benzene rings is 1. The van der Waals surface area contributed by atoms with Crippen LogP contribution in [0.25, 0.3) is 0 Å². The number of sulfonamides is 1. The van der Waals surface area contributed by atoms with Crippen LogP contribution in [0.5, 0.6) is 0 Å². The summed E-state index contributed by atoms with van der Waals surface area (Å²) in [6.45, 7) is 1.85. The molecule has 0 aliphatic heterocycles. The van der Waals surface area contributed by atoms with Gasteiger partial charge in [0, 0.05) is 4.88 Å². The van der Waals surface area contributed by atoms with Crippen molar-refractivity contribution in [2.75, 3.05) is 0 Å². The van der Waals surface area contributed by atoms with Crippen molar-refractivity contribution in [3.63, 3.8) is 0 Å². The van der Waals surface area contributed by atoms with E-state index in [4.69, 9.17) is 11.6 Å². The molecule has 108 valence electrons. The van der Waals surface area contributed by atoms with Crippen LogP contribution in [-0.4, -0.2) is 8.42 Å². The fourth-order valence-electron chi connectivity index (χ4n) is 1.77. The smallest absolute Gasteiger partial charge is 0.207 e. The van der Waals surface area contributed by atoms with Gasteiger partial charge < -0.3 is 0 Å². The first-order valence-electron chi connectivity index (χ1n) is 5.96. The molecule has 0 radical (unpaired) electrons. The molecule has 0 aliphatic rings. The van der Waals surface area contributed by atoms with Crippen LogP contribution in [0.15, 0.2) is 41.3 Å². The third kappa shape index (κ3) is 3.38. The van der Waals surface area contributed by atoms with Crippen LogP contribution in [0.2, 0.25) is 4.34 Å². The molecule has 0 amide bonds. The second kappa shape index (κ2) is 6.22. The number of rotatable bonds is 5. The van der Waals surface area contributed by atoms with Crippen LogP contribution >= 0.6 is 22.9 Å². The zero-order valence-corrected chi connectivity index (χ0v) is 13.0. The van der Waals surface area contributed by atoms with Gasteiger partial charge in [-0.15, -0.1) is 11.3 Å². The zero-order chi connectivity index (χ0) is 14.8. The van der Waals surface area contributed by atoms with Gasteiger partial charge in [-0.3, -0.25) is 0 Å². The Balaban J connectivity index is 2.29. The summed E-state index contributed by atoms with van der Waals surface area (Å²) >= 11 is 7.16. The Bertz CT molecular complexity index is 700. The quantitative estimate of drug-likeness (QED) is 0.899. The van der Waals surface area contributed by atoms with E-state index in [0.717, 1.165) is 10.9 Å². The van der Waals surface area contributed by atoms with Crippen LogP contribution < -0.4 is 4.72 Å². The number of halogens is 2. The molecule has 1 atom stereocenters. The Morgan fingerprint density at radius 2 is 2.00 bits per heavy atom. The van der Waals surface area contributed by atoms with Gasteiger partial charge in [-0.1, -0.05) is 30.7 Å². The third-order valence-electron chi connectivity index (χ3n) is 2.77. The molecule has 0 spiro atoms. The Kier molecular flexibility index (Phi) is 4.80. The lowest BCUT2D eigenvalue weighted by atomic mass is 10.2. The van der Waals surface area contributed by atoms with Gasteiger partial charge in [-0.2, -0.15) is 0 Å². The minimum Gasteiger partial charge on any atom is -0.207 e. The average molecular weight is 334 g/mol. The van der Waals surface area contributed by atoms with Crippen LogP contribution in [0, 0.1) is 5.82 Å². The first kappa shape index (κ1) is 15.4. The van der Waals surface area contributed by atoms with E-state index in [9.17, 15) is 12.8 Å². The standard InChI is InChI=1S/C13H13ClFNO2S2/c1-2-10(11-7-8-13(14)19-11)16-20(17,18)12-6-4-3-5-9(12)15/h3-8,10,16H,2H2,1H3/t10-/m1/s1. The predicted molar refractivity (Wildman–Crippen MR) is 79.1 cm³/mol. The lowest BCUT2D eigenvalue weighted by Crippen LogP contribution is -2.28. The molecule has 7 heteroatoms. The number of hydrogen-bond acceptors (Lipinski definition) is 3. The van der Waals surface area contributed by atoms with E-state index in [1.54, 1.807) is 12.1 Å². The maximum absolute atomic E-state index is 13.6. The molecule has 0 bridgehead atoms. The first-order valence-corrected chi connectivity index (χ1v) is 8.64. The Morgan fingerprint density at radius 3 is 2.55 bits per heavy atom. The molecule has 0 fully saturated rings. The third-order valence-corrected chi connectivity index (χ3v) is 5.62. The highest BCUT2D eigenvalue weighted by Gasteiger charge is 2.23. The van der Waals surface area contributed by atoms with E-state index in [-0.39, 0.29) is 4.90 Å². The summed E-state index contributed by atoms with van der Waals surface area (Å²) in [5, 5.41) is 0. The summed E-state index contributed by atoms with van der Waals surface area (Å²) in [6.07, 6.45) is 0.546. The van der Waals surface area contributed by atoms with Gasteiger partial charge in [0.05, 0.1) is 10.4 Å². The van der Waals surface area contributed by atoms with Gasteiger partial charge >= 0.3 is 0 Å². The van der Waals surface area contributed by atoms with Crippen molar-refractivity contribution >= 4 is 33.0 Å². The summed E-state index contributed by atoms with van der Waals surface area (Å²) in [6, 6.07) is 8.36. The molecule has 1 N–H and O–H groups in total. The largest absolute Gasteiger partial charge is 0.244 e. The lowest BCUT2D eigenvalue weighted by Gasteiger charge is -2.16. The van der Waals surface area contributed by atoms with E-state index >= 15 is 0 Å². The number of nitrogens with one attached hydrogen (secondary N) is 1. The summed E-state index contributed by atoms with van der Waals surface area (Å²) in [4.78, 5) is 0.457. The summed E-state index contributed by atoms with van der Waals surface area (Å²) < 4.78 is 41.2. The van der Waals surface area contributed by atoms with E-state index in [2.05, 4.69) is 4.72 Å². The molecule has 0 unspecified atom stereocenters. The monoisotopic (exact) mass is 333 g/mol. The van der Waals surface area contributed by atoms with E-state index < -0.39 is 21.9 Å². The Morgan fingerprint density at radius 1 is 1.30 bits per heavy atom. The van der Waals surface area contributed by atoms with Gasteiger partial charge in [0.2, 0.25) is 10.0 Å². The summed E-state index contributed by atoms with van der Waals surface area (Å²) in [7, 11) is -3.90. The van der Waals surface area contributed by atoms with Crippen molar-refractivity contribution in [1.82, 2.24) is 4.72 Å². The number of hydrogen-bond donors (Lipinski definition) is 1.